The van der Waals surface area contributed by atoms with E-state index < -0.39 is 0 Å². The molecule has 1 saturated heterocycles. The summed E-state index contributed by atoms with van der Waals surface area (Å²) in [6.45, 7) is 3.42. The van der Waals surface area contributed by atoms with Gasteiger partial charge in [0.15, 0.2) is 6.61 Å². The Labute approximate surface area is 158 Å². The minimum absolute atomic E-state index is 0.00136. The summed E-state index contributed by atoms with van der Waals surface area (Å²) in [7, 11) is 0. The Kier molecular flexibility index (Phi) is 4.87. The van der Waals surface area contributed by atoms with Crippen LogP contribution in [0.15, 0.2) is 60.8 Å². The molecular formula is C21H22N4O2. The number of hydrogen-bond donors (Lipinski definition) is 0. The predicted octanol–water partition coefficient (Wildman–Crippen LogP) is 3.11. The first-order valence-corrected chi connectivity index (χ1v) is 9.13. The lowest BCUT2D eigenvalue weighted by Crippen LogP contribution is -2.33. The van der Waals surface area contributed by atoms with E-state index in [-0.39, 0.29) is 18.6 Å². The Morgan fingerprint density at radius 1 is 1.15 bits per heavy atom. The van der Waals surface area contributed by atoms with E-state index in [4.69, 9.17) is 4.74 Å². The lowest BCUT2D eigenvalue weighted by molar-refractivity contribution is -0.132. The van der Waals surface area contributed by atoms with Crippen molar-refractivity contribution in [3.8, 4) is 17.0 Å². The summed E-state index contributed by atoms with van der Waals surface area (Å²) < 4.78 is 7.48. The SMILES string of the molecule is Cc1ccc(OCC(=O)N2CCC(n3cc(-c4ccccc4)nn3)C2)cc1. The summed E-state index contributed by atoms with van der Waals surface area (Å²) in [5, 5.41) is 8.54. The molecule has 3 aromatic rings. The number of ether oxygens (including phenoxy) is 1. The van der Waals surface area contributed by atoms with Crippen molar-refractivity contribution in [2.24, 2.45) is 0 Å². The highest BCUT2D eigenvalue weighted by Crippen LogP contribution is 2.23. The highest BCUT2D eigenvalue weighted by atomic mass is 16.5. The highest BCUT2D eigenvalue weighted by Gasteiger charge is 2.28. The topological polar surface area (TPSA) is 60.2 Å². The van der Waals surface area contributed by atoms with E-state index in [1.165, 1.54) is 5.56 Å². The van der Waals surface area contributed by atoms with Gasteiger partial charge in [-0.05, 0) is 25.5 Å². The fourth-order valence-electron chi connectivity index (χ4n) is 3.25. The second kappa shape index (κ2) is 7.61. The summed E-state index contributed by atoms with van der Waals surface area (Å²) in [5.41, 5.74) is 3.06. The maximum atomic E-state index is 12.4. The summed E-state index contributed by atoms with van der Waals surface area (Å²) in [4.78, 5) is 14.3. The molecule has 1 amide bonds. The molecule has 1 aliphatic heterocycles. The first-order chi connectivity index (χ1) is 13.2. The van der Waals surface area contributed by atoms with Gasteiger partial charge in [-0.2, -0.15) is 0 Å². The molecule has 0 N–H and O–H groups in total. The summed E-state index contributed by atoms with van der Waals surface area (Å²) in [5.74, 6) is 0.718. The van der Waals surface area contributed by atoms with Crippen molar-refractivity contribution in [3.05, 3.63) is 66.4 Å². The number of carbonyl (C=O) groups is 1. The number of carbonyl (C=O) groups excluding carboxylic acids is 1. The van der Waals surface area contributed by atoms with Gasteiger partial charge in [-0.1, -0.05) is 53.2 Å². The maximum Gasteiger partial charge on any atom is 0.260 e. The summed E-state index contributed by atoms with van der Waals surface area (Å²) in [6.07, 6.45) is 2.82. The van der Waals surface area contributed by atoms with Gasteiger partial charge in [0.05, 0.1) is 12.2 Å². The van der Waals surface area contributed by atoms with E-state index in [9.17, 15) is 4.79 Å². The first kappa shape index (κ1) is 17.3. The molecule has 1 aliphatic rings. The van der Waals surface area contributed by atoms with E-state index in [2.05, 4.69) is 10.3 Å². The van der Waals surface area contributed by atoms with Gasteiger partial charge in [0.2, 0.25) is 0 Å². The normalized spacial score (nSPS) is 16.5. The van der Waals surface area contributed by atoms with Gasteiger partial charge in [-0.15, -0.1) is 5.10 Å². The van der Waals surface area contributed by atoms with Gasteiger partial charge in [0.25, 0.3) is 5.91 Å². The Hall–Kier alpha value is -3.15. The number of rotatable bonds is 5. The zero-order valence-electron chi connectivity index (χ0n) is 15.3. The van der Waals surface area contributed by atoms with E-state index in [0.29, 0.717) is 18.8 Å². The third kappa shape index (κ3) is 4.00. The van der Waals surface area contributed by atoms with Crippen molar-refractivity contribution in [2.75, 3.05) is 19.7 Å². The fourth-order valence-corrected chi connectivity index (χ4v) is 3.25. The van der Waals surface area contributed by atoms with Crippen LogP contribution < -0.4 is 4.74 Å². The van der Waals surface area contributed by atoms with E-state index in [1.54, 1.807) is 0 Å². The van der Waals surface area contributed by atoms with Crippen LogP contribution in [0.25, 0.3) is 11.3 Å². The maximum absolute atomic E-state index is 12.4. The average molecular weight is 362 g/mol. The van der Waals surface area contributed by atoms with Crippen LogP contribution >= 0.6 is 0 Å². The predicted molar refractivity (Wildman–Crippen MR) is 102 cm³/mol. The van der Waals surface area contributed by atoms with Crippen molar-refractivity contribution < 1.29 is 9.53 Å². The minimum Gasteiger partial charge on any atom is -0.484 e. The Bertz CT molecular complexity index is 905. The number of hydrogen-bond acceptors (Lipinski definition) is 4. The third-order valence-electron chi connectivity index (χ3n) is 4.85. The smallest absolute Gasteiger partial charge is 0.260 e. The number of likely N-dealkylation sites (tertiary alicyclic amines) is 1. The molecule has 6 nitrogen and oxygen atoms in total. The van der Waals surface area contributed by atoms with Crippen LogP contribution in [0.3, 0.4) is 0 Å². The average Bonchev–Trinajstić information content (AvgIpc) is 3.37. The molecule has 1 aromatic heterocycles. The van der Waals surface area contributed by atoms with Crippen LogP contribution in [0.5, 0.6) is 5.75 Å². The molecule has 0 aliphatic carbocycles. The molecule has 0 spiro atoms. The quantitative estimate of drug-likeness (QED) is 0.700. The molecule has 1 unspecified atom stereocenters. The standard InChI is InChI=1S/C21H22N4O2/c1-16-7-9-19(10-8-16)27-15-21(26)24-12-11-18(13-24)25-14-20(22-23-25)17-5-3-2-4-6-17/h2-10,14,18H,11-13,15H2,1H3. The molecule has 2 aromatic carbocycles. The van der Waals surface area contributed by atoms with Crippen LogP contribution in [0.1, 0.15) is 18.0 Å². The zero-order chi connectivity index (χ0) is 18.6. The number of nitrogens with zero attached hydrogens (tertiary/aromatic N) is 4. The molecule has 0 bridgehead atoms. The van der Waals surface area contributed by atoms with Crippen molar-refractivity contribution in [1.82, 2.24) is 19.9 Å². The highest BCUT2D eigenvalue weighted by molar-refractivity contribution is 5.78. The van der Waals surface area contributed by atoms with E-state index >= 15 is 0 Å². The Morgan fingerprint density at radius 2 is 1.93 bits per heavy atom. The molecule has 138 valence electrons. The van der Waals surface area contributed by atoms with Crippen LogP contribution in [0, 0.1) is 6.92 Å². The van der Waals surface area contributed by atoms with Crippen molar-refractivity contribution in [3.63, 3.8) is 0 Å². The van der Waals surface area contributed by atoms with Gasteiger partial charge in [0, 0.05) is 18.7 Å². The van der Waals surface area contributed by atoms with Crippen LogP contribution in [0.4, 0.5) is 0 Å². The second-order valence-electron chi connectivity index (χ2n) is 6.83. The number of amides is 1. The number of aryl methyl sites for hydroxylation is 1. The Morgan fingerprint density at radius 3 is 2.70 bits per heavy atom. The van der Waals surface area contributed by atoms with Crippen LogP contribution in [-0.4, -0.2) is 45.5 Å². The lowest BCUT2D eigenvalue weighted by atomic mass is 10.2. The molecule has 4 rings (SSSR count). The van der Waals surface area contributed by atoms with E-state index in [0.717, 1.165) is 17.7 Å². The van der Waals surface area contributed by atoms with Gasteiger partial charge < -0.3 is 9.64 Å². The molecule has 27 heavy (non-hydrogen) atoms. The summed E-state index contributed by atoms with van der Waals surface area (Å²) >= 11 is 0. The van der Waals surface area contributed by atoms with E-state index in [1.807, 2.05) is 77.3 Å². The number of aromatic nitrogens is 3. The minimum atomic E-state index is 0.00136. The third-order valence-corrected chi connectivity index (χ3v) is 4.85. The van der Waals surface area contributed by atoms with Crippen LogP contribution in [0.2, 0.25) is 0 Å². The second-order valence-corrected chi connectivity index (χ2v) is 6.83. The molecule has 1 fully saturated rings. The fraction of sp³-hybridized carbons (Fsp3) is 0.286. The monoisotopic (exact) mass is 362 g/mol. The summed E-state index contributed by atoms with van der Waals surface area (Å²) in [6, 6.07) is 17.8. The number of benzene rings is 2. The van der Waals surface area contributed by atoms with Gasteiger partial charge in [-0.25, -0.2) is 4.68 Å². The van der Waals surface area contributed by atoms with Gasteiger partial charge in [0.1, 0.15) is 11.4 Å². The molecule has 2 heterocycles. The molecule has 1 atom stereocenters. The molecular weight excluding hydrogens is 340 g/mol. The molecule has 0 saturated carbocycles. The molecule has 0 radical (unpaired) electrons. The van der Waals surface area contributed by atoms with Gasteiger partial charge in [-0.3, -0.25) is 4.79 Å². The van der Waals surface area contributed by atoms with Crippen molar-refractivity contribution in [1.29, 1.82) is 0 Å². The largest absolute Gasteiger partial charge is 0.484 e. The van der Waals surface area contributed by atoms with Crippen molar-refractivity contribution >= 4 is 5.91 Å². The van der Waals surface area contributed by atoms with Crippen LogP contribution in [-0.2, 0) is 4.79 Å². The Balaban J connectivity index is 1.34. The van der Waals surface area contributed by atoms with Gasteiger partial charge >= 0.3 is 0 Å². The van der Waals surface area contributed by atoms with Crippen molar-refractivity contribution in [2.45, 2.75) is 19.4 Å². The lowest BCUT2D eigenvalue weighted by Gasteiger charge is -2.17. The molecule has 6 heteroatoms. The zero-order valence-corrected chi connectivity index (χ0v) is 15.3. The first-order valence-electron chi connectivity index (χ1n) is 9.13.